The van der Waals surface area contributed by atoms with E-state index >= 15 is 0 Å². The first-order chi connectivity index (χ1) is 12.5. The van der Waals surface area contributed by atoms with E-state index in [-0.39, 0.29) is 24.2 Å². The van der Waals surface area contributed by atoms with E-state index in [0.29, 0.717) is 13.1 Å². The van der Waals surface area contributed by atoms with E-state index < -0.39 is 0 Å². The third-order valence-electron chi connectivity index (χ3n) is 4.81. The highest BCUT2D eigenvalue weighted by atomic mass is 32.1. The molecule has 26 heavy (non-hydrogen) atoms. The molecular formula is C20H25N3O2S. The molecule has 0 radical (unpaired) electrons. The Balaban J connectivity index is 1.63. The van der Waals surface area contributed by atoms with Crippen LogP contribution >= 0.6 is 11.3 Å². The summed E-state index contributed by atoms with van der Waals surface area (Å²) >= 11 is 1.63. The number of rotatable bonds is 6. The number of aryl methyl sites for hydroxylation is 2. The van der Waals surface area contributed by atoms with Gasteiger partial charge in [-0.05, 0) is 30.5 Å². The van der Waals surface area contributed by atoms with E-state index in [1.807, 2.05) is 29.6 Å². The van der Waals surface area contributed by atoms with Gasteiger partial charge in [-0.15, -0.1) is 11.3 Å². The lowest BCUT2D eigenvalue weighted by molar-refractivity contribution is -0.135. The lowest BCUT2D eigenvalue weighted by atomic mass is 10.1. The van der Waals surface area contributed by atoms with Crippen molar-refractivity contribution in [3.63, 3.8) is 0 Å². The van der Waals surface area contributed by atoms with Gasteiger partial charge >= 0.3 is 0 Å². The summed E-state index contributed by atoms with van der Waals surface area (Å²) in [5.74, 6) is -0.261. The minimum Gasteiger partial charge on any atom is -0.340 e. The average Bonchev–Trinajstić information content (AvgIpc) is 3.27. The predicted octanol–water partition coefficient (Wildman–Crippen LogP) is 3.28. The van der Waals surface area contributed by atoms with Crippen LogP contribution in [0, 0.1) is 5.92 Å². The van der Waals surface area contributed by atoms with Crippen molar-refractivity contribution in [1.82, 2.24) is 9.88 Å². The highest BCUT2D eigenvalue weighted by molar-refractivity contribution is 7.09. The molecule has 1 atom stereocenters. The van der Waals surface area contributed by atoms with Gasteiger partial charge in [0.1, 0.15) is 0 Å². The number of nitrogens with zero attached hydrogens (tertiary/aromatic N) is 3. The summed E-state index contributed by atoms with van der Waals surface area (Å²) in [4.78, 5) is 33.1. The molecule has 1 fully saturated rings. The molecule has 1 aliphatic heterocycles. The van der Waals surface area contributed by atoms with Crippen LogP contribution in [0.1, 0.15) is 36.5 Å². The first-order valence-corrected chi connectivity index (χ1v) is 9.97. The molecule has 0 spiro atoms. The Morgan fingerprint density at radius 3 is 2.62 bits per heavy atom. The topological polar surface area (TPSA) is 53.5 Å². The number of amides is 2. The first-order valence-electron chi connectivity index (χ1n) is 9.09. The fourth-order valence-corrected chi connectivity index (χ4v) is 3.99. The predicted molar refractivity (Wildman–Crippen MR) is 104 cm³/mol. The molecule has 2 heterocycles. The van der Waals surface area contributed by atoms with Crippen molar-refractivity contribution < 1.29 is 9.59 Å². The molecule has 3 rings (SSSR count). The molecule has 138 valence electrons. The Morgan fingerprint density at radius 2 is 2.00 bits per heavy atom. The number of anilines is 1. The highest BCUT2D eigenvalue weighted by Crippen LogP contribution is 2.27. The Hall–Kier alpha value is -2.21. The van der Waals surface area contributed by atoms with Gasteiger partial charge in [-0.25, -0.2) is 4.98 Å². The van der Waals surface area contributed by atoms with Crippen LogP contribution in [-0.2, 0) is 29.0 Å². The van der Waals surface area contributed by atoms with Crippen LogP contribution in [0.4, 0.5) is 5.69 Å². The van der Waals surface area contributed by atoms with E-state index in [0.717, 1.165) is 29.2 Å². The molecular weight excluding hydrogens is 346 g/mol. The van der Waals surface area contributed by atoms with E-state index in [4.69, 9.17) is 0 Å². The zero-order valence-electron chi connectivity index (χ0n) is 15.6. The quantitative estimate of drug-likeness (QED) is 0.783. The standard InChI is InChI=1S/C20H25N3O2S/c1-4-14-6-8-17(9-7-14)23-11-15(10-19(23)24)20(25)22(3)12-16-13-26-18(5-2)21-16/h6-9,13,15H,4-5,10-12H2,1-3H3/t15-/m1/s1. The molecule has 0 N–H and O–H groups in total. The van der Waals surface area contributed by atoms with Gasteiger partial charge < -0.3 is 9.80 Å². The molecule has 2 aromatic rings. The van der Waals surface area contributed by atoms with Crippen LogP contribution in [0.3, 0.4) is 0 Å². The number of carbonyl (C=O) groups excluding carboxylic acids is 2. The van der Waals surface area contributed by atoms with Crippen molar-refractivity contribution in [2.24, 2.45) is 5.92 Å². The maximum Gasteiger partial charge on any atom is 0.228 e. The van der Waals surface area contributed by atoms with Crippen LogP contribution < -0.4 is 4.90 Å². The molecule has 1 aliphatic rings. The maximum absolute atomic E-state index is 12.8. The van der Waals surface area contributed by atoms with Gasteiger partial charge in [-0.2, -0.15) is 0 Å². The lowest BCUT2D eigenvalue weighted by Gasteiger charge is -2.21. The molecule has 6 heteroatoms. The second-order valence-electron chi connectivity index (χ2n) is 6.71. The van der Waals surface area contributed by atoms with Gasteiger partial charge in [0.25, 0.3) is 0 Å². The molecule has 0 saturated carbocycles. The maximum atomic E-state index is 12.8. The summed E-state index contributed by atoms with van der Waals surface area (Å²) < 4.78 is 0. The summed E-state index contributed by atoms with van der Waals surface area (Å²) in [5, 5.41) is 3.09. The van der Waals surface area contributed by atoms with Crippen molar-refractivity contribution in [2.75, 3.05) is 18.5 Å². The van der Waals surface area contributed by atoms with Crippen LogP contribution in [0.5, 0.6) is 0 Å². The zero-order chi connectivity index (χ0) is 18.7. The highest BCUT2D eigenvalue weighted by Gasteiger charge is 2.36. The van der Waals surface area contributed by atoms with Gasteiger partial charge in [0.2, 0.25) is 11.8 Å². The summed E-state index contributed by atoms with van der Waals surface area (Å²) in [6.07, 6.45) is 2.15. The normalized spacial score (nSPS) is 17.0. The number of hydrogen-bond acceptors (Lipinski definition) is 4. The van der Waals surface area contributed by atoms with E-state index in [2.05, 4.69) is 18.8 Å². The van der Waals surface area contributed by atoms with Gasteiger partial charge in [0.15, 0.2) is 0 Å². The number of aromatic nitrogens is 1. The smallest absolute Gasteiger partial charge is 0.228 e. The zero-order valence-corrected chi connectivity index (χ0v) is 16.4. The van der Waals surface area contributed by atoms with Crippen LogP contribution in [-0.4, -0.2) is 35.3 Å². The van der Waals surface area contributed by atoms with Crippen molar-refractivity contribution in [3.05, 3.63) is 45.9 Å². The van der Waals surface area contributed by atoms with Gasteiger partial charge in [-0.3, -0.25) is 9.59 Å². The van der Waals surface area contributed by atoms with Crippen molar-refractivity contribution in [1.29, 1.82) is 0 Å². The largest absolute Gasteiger partial charge is 0.340 e. The Kier molecular flexibility index (Phi) is 5.71. The van der Waals surface area contributed by atoms with E-state index in [1.165, 1.54) is 5.56 Å². The van der Waals surface area contributed by atoms with Crippen molar-refractivity contribution in [2.45, 2.75) is 39.7 Å². The number of benzene rings is 1. The molecule has 1 saturated heterocycles. The number of thiazole rings is 1. The Bertz CT molecular complexity index is 785. The fourth-order valence-electron chi connectivity index (χ4n) is 3.25. The van der Waals surface area contributed by atoms with Crippen molar-refractivity contribution >= 4 is 28.8 Å². The molecule has 5 nitrogen and oxygen atoms in total. The molecule has 0 aliphatic carbocycles. The van der Waals surface area contributed by atoms with Gasteiger partial charge in [0, 0.05) is 31.1 Å². The second kappa shape index (κ2) is 7.99. The minimum absolute atomic E-state index is 0.0112. The average molecular weight is 372 g/mol. The van der Waals surface area contributed by atoms with Crippen LogP contribution in [0.25, 0.3) is 0 Å². The summed E-state index contributed by atoms with van der Waals surface area (Å²) in [7, 11) is 1.79. The monoisotopic (exact) mass is 371 g/mol. The Morgan fingerprint density at radius 1 is 1.27 bits per heavy atom. The first kappa shape index (κ1) is 18.6. The molecule has 0 unspecified atom stereocenters. The number of hydrogen-bond donors (Lipinski definition) is 0. The minimum atomic E-state index is -0.289. The SMILES string of the molecule is CCc1ccc(N2C[C@H](C(=O)N(C)Cc3csc(CC)n3)CC2=O)cc1. The van der Waals surface area contributed by atoms with E-state index in [1.54, 1.807) is 28.2 Å². The molecule has 2 amide bonds. The summed E-state index contributed by atoms with van der Waals surface area (Å²) in [5.41, 5.74) is 3.03. The third-order valence-corrected chi connectivity index (χ3v) is 5.85. The van der Waals surface area contributed by atoms with E-state index in [9.17, 15) is 9.59 Å². The lowest BCUT2D eigenvalue weighted by Crippen LogP contribution is -2.34. The number of carbonyl (C=O) groups is 2. The third kappa shape index (κ3) is 3.96. The van der Waals surface area contributed by atoms with Gasteiger partial charge in [-0.1, -0.05) is 26.0 Å². The molecule has 1 aromatic carbocycles. The van der Waals surface area contributed by atoms with Crippen molar-refractivity contribution in [3.8, 4) is 0 Å². The summed E-state index contributed by atoms with van der Waals surface area (Å²) in [6, 6.07) is 8.01. The summed E-state index contributed by atoms with van der Waals surface area (Å²) in [6.45, 7) is 5.12. The molecule has 1 aromatic heterocycles. The van der Waals surface area contributed by atoms with Crippen LogP contribution in [0.2, 0.25) is 0 Å². The fraction of sp³-hybridized carbons (Fsp3) is 0.450. The molecule has 0 bridgehead atoms. The van der Waals surface area contributed by atoms with Crippen LogP contribution in [0.15, 0.2) is 29.6 Å². The second-order valence-corrected chi connectivity index (χ2v) is 7.65. The Labute approximate surface area is 158 Å². The van der Waals surface area contributed by atoms with Gasteiger partial charge in [0.05, 0.1) is 23.2 Å².